The largest absolute Gasteiger partial charge is 0.481 e. The van der Waals surface area contributed by atoms with Crippen molar-refractivity contribution in [2.75, 3.05) is 11.9 Å². The van der Waals surface area contributed by atoms with E-state index >= 15 is 0 Å². The third kappa shape index (κ3) is 6.71. The molecule has 0 spiro atoms. The Morgan fingerprint density at radius 2 is 1.58 bits per heavy atom. The number of nitrogens with one attached hydrogen (secondary N) is 2. The van der Waals surface area contributed by atoms with Crippen LogP contribution in [-0.2, 0) is 15.8 Å². The highest BCUT2D eigenvalue weighted by molar-refractivity contribution is 5.94. The highest BCUT2D eigenvalue weighted by Gasteiger charge is 2.30. The number of hydrogen-bond donors (Lipinski definition) is 3. The minimum Gasteiger partial charge on any atom is -0.481 e. The van der Waals surface area contributed by atoms with Crippen molar-refractivity contribution in [2.24, 2.45) is 0 Å². The molecule has 3 rings (SSSR count). The summed E-state index contributed by atoms with van der Waals surface area (Å²) in [6.07, 6.45) is 0.485. The molecule has 5 nitrogen and oxygen atoms in total. The van der Waals surface area contributed by atoms with Gasteiger partial charge in [-0.05, 0) is 60.7 Å². The van der Waals surface area contributed by atoms with Gasteiger partial charge in [0.1, 0.15) is 0 Å². The van der Waals surface area contributed by atoms with Crippen LogP contribution in [0.1, 0.15) is 31.7 Å². The van der Waals surface area contributed by atoms with Gasteiger partial charge in [0.15, 0.2) is 0 Å². The van der Waals surface area contributed by atoms with Crippen molar-refractivity contribution in [2.45, 2.75) is 38.4 Å². The molecule has 0 fully saturated rings. The normalized spacial score (nSPS) is 14.7. The second-order valence-corrected chi connectivity index (χ2v) is 7.85. The Bertz CT molecular complexity index is 1060. The van der Waals surface area contributed by atoms with E-state index in [0.29, 0.717) is 24.0 Å². The predicted molar refractivity (Wildman–Crippen MR) is 121 cm³/mol. The first-order chi connectivity index (χ1) is 15.6. The monoisotopic (exact) mass is 458 g/mol. The summed E-state index contributed by atoms with van der Waals surface area (Å²) in [7, 11) is 0. The molecule has 1 amide bonds. The van der Waals surface area contributed by atoms with Crippen molar-refractivity contribution in [1.82, 2.24) is 5.32 Å². The fraction of sp³-hybridized carbons (Fsp3) is 0.280. The Morgan fingerprint density at radius 3 is 2.09 bits per heavy atom. The zero-order valence-electron chi connectivity index (χ0n) is 18.1. The number of rotatable bonds is 8. The van der Waals surface area contributed by atoms with E-state index in [1.165, 1.54) is 12.1 Å². The average molecular weight is 458 g/mol. The summed E-state index contributed by atoms with van der Waals surface area (Å²) < 4.78 is 38.2. The number of carboxylic acids is 1. The van der Waals surface area contributed by atoms with E-state index in [9.17, 15) is 22.8 Å². The zero-order chi connectivity index (χ0) is 24.0. The highest BCUT2D eigenvalue weighted by Crippen LogP contribution is 2.31. The Balaban J connectivity index is 1.58. The number of benzene rings is 2. The zero-order valence-corrected chi connectivity index (χ0v) is 18.1. The lowest BCUT2D eigenvalue weighted by molar-refractivity contribution is -0.138. The first-order valence-electron chi connectivity index (χ1n) is 10.6. The molecule has 0 aliphatic heterocycles. The van der Waals surface area contributed by atoms with Crippen LogP contribution in [-0.4, -0.2) is 29.6 Å². The van der Waals surface area contributed by atoms with Crippen molar-refractivity contribution in [3.63, 3.8) is 0 Å². The van der Waals surface area contributed by atoms with E-state index in [-0.39, 0.29) is 24.9 Å². The van der Waals surface area contributed by atoms with E-state index in [1.54, 1.807) is 6.08 Å². The number of alkyl halides is 3. The molecule has 2 aromatic carbocycles. The van der Waals surface area contributed by atoms with Crippen molar-refractivity contribution < 1.29 is 27.9 Å². The highest BCUT2D eigenvalue weighted by atomic mass is 19.4. The van der Waals surface area contributed by atoms with Crippen LogP contribution in [0.5, 0.6) is 0 Å². The molecule has 0 saturated heterocycles. The predicted octanol–water partition coefficient (Wildman–Crippen LogP) is 5.41. The van der Waals surface area contributed by atoms with Crippen LogP contribution in [0.4, 0.5) is 18.9 Å². The minimum absolute atomic E-state index is 0.0230. The first kappa shape index (κ1) is 24.1. The quantitative estimate of drug-likeness (QED) is 0.494. The number of halogens is 3. The van der Waals surface area contributed by atoms with E-state index in [2.05, 4.69) is 10.6 Å². The fourth-order valence-corrected chi connectivity index (χ4v) is 3.55. The number of allylic oxidation sites excluding steroid dienone is 2. The van der Waals surface area contributed by atoms with Gasteiger partial charge in [0.05, 0.1) is 12.0 Å². The molecule has 8 heteroatoms. The second-order valence-electron chi connectivity index (χ2n) is 7.85. The molecule has 0 saturated carbocycles. The molecule has 3 N–H and O–H groups in total. The van der Waals surface area contributed by atoms with Gasteiger partial charge in [-0.25, -0.2) is 0 Å². The molecule has 1 aliphatic rings. The molecule has 1 atom stereocenters. The topological polar surface area (TPSA) is 78.4 Å². The number of carboxylic acid groups (broad SMARTS) is 1. The summed E-state index contributed by atoms with van der Waals surface area (Å²) in [4.78, 5) is 22.6. The minimum atomic E-state index is -4.35. The summed E-state index contributed by atoms with van der Waals surface area (Å²) in [5.41, 5.74) is 3.48. The van der Waals surface area contributed by atoms with Gasteiger partial charge in [0, 0.05) is 23.8 Å². The molecular formula is C25H25F3N2O3. The third-order valence-corrected chi connectivity index (χ3v) is 5.47. The lowest BCUT2D eigenvalue weighted by atomic mass is 9.93. The van der Waals surface area contributed by atoms with Gasteiger partial charge in [0.2, 0.25) is 5.91 Å². The fourth-order valence-electron chi connectivity index (χ4n) is 3.55. The van der Waals surface area contributed by atoms with Gasteiger partial charge in [-0.3, -0.25) is 9.59 Å². The van der Waals surface area contributed by atoms with Crippen molar-refractivity contribution >= 4 is 17.6 Å². The lowest BCUT2D eigenvalue weighted by Gasteiger charge is -2.22. The van der Waals surface area contributed by atoms with Crippen molar-refractivity contribution in [3.8, 4) is 11.1 Å². The maximum absolute atomic E-state index is 12.7. The SMILES string of the molecule is CC(Nc1ccc(-c2ccc(C(F)(F)F)cc2)cc1)C1=CC=C(C(=O)NCCC(=O)O)CC1. The molecule has 0 radical (unpaired) electrons. The van der Waals surface area contributed by atoms with Gasteiger partial charge in [-0.15, -0.1) is 0 Å². The molecule has 0 aromatic heterocycles. The lowest BCUT2D eigenvalue weighted by Crippen LogP contribution is -2.28. The number of anilines is 1. The summed E-state index contributed by atoms with van der Waals surface area (Å²) >= 11 is 0. The van der Waals surface area contributed by atoms with Crippen molar-refractivity contribution in [1.29, 1.82) is 0 Å². The molecule has 2 aromatic rings. The average Bonchev–Trinajstić information content (AvgIpc) is 2.79. The second kappa shape index (κ2) is 10.4. The van der Waals surface area contributed by atoms with Crippen LogP contribution >= 0.6 is 0 Å². The van der Waals surface area contributed by atoms with Gasteiger partial charge >= 0.3 is 12.1 Å². The van der Waals surface area contributed by atoms with E-state index < -0.39 is 17.7 Å². The number of carbonyl (C=O) groups is 2. The molecule has 0 heterocycles. The van der Waals surface area contributed by atoms with E-state index in [4.69, 9.17) is 5.11 Å². The molecule has 174 valence electrons. The molecular weight excluding hydrogens is 433 g/mol. The summed E-state index contributed by atoms with van der Waals surface area (Å²) in [6.45, 7) is 2.11. The van der Waals surface area contributed by atoms with E-state index in [1.807, 2.05) is 37.3 Å². The Morgan fingerprint density at radius 1 is 0.970 bits per heavy atom. The molecule has 1 aliphatic carbocycles. The van der Waals surface area contributed by atoms with Crippen LogP contribution in [0.2, 0.25) is 0 Å². The van der Waals surface area contributed by atoms with Crippen molar-refractivity contribution in [3.05, 3.63) is 77.4 Å². The first-order valence-corrected chi connectivity index (χ1v) is 10.6. The molecule has 0 bridgehead atoms. The summed E-state index contributed by atoms with van der Waals surface area (Å²) in [5, 5.41) is 14.6. The van der Waals surface area contributed by atoms with Gasteiger partial charge in [-0.2, -0.15) is 13.2 Å². The molecule has 1 unspecified atom stereocenters. The molecule has 33 heavy (non-hydrogen) atoms. The number of aliphatic carboxylic acids is 1. The van der Waals surface area contributed by atoms with Crippen LogP contribution in [0, 0.1) is 0 Å². The summed E-state index contributed by atoms with van der Waals surface area (Å²) in [5.74, 6) is -1.20. The van der Waals surface area contributed by atoms with Gasteiger partial charge in [0.25, 0.3) is 0 Å². The van der Waals surface area contributed by atoms with Crippen LogP contribution in [0.15, 0.2) is 71.8 Å². The van der Waals surface area contributed by atoms with E-state index in [0.717, 1.165) is 29.0 Å². The van der Waals surface area contributed by atoms with Gasteiger partial charge in [-0.1, -0.05) is 36.4 Å². The Hall–Kier alpha value is -3.55. The number of carbonyl (C=O) groups excluding carboxylic acids is 1. The maximum atomic E-state index is 12.7. The third-order valence-electron chi connectivity index (χ3n) is 5.47. The Labute approximate surface area is 190 Å². The van der Waals surface area contributed by atoms with Crippen LogP contribution in [0.3, 0.4) is 0 Å². The smallest absolute Gasteiger partial charge is 0.416 e. The van der Waals surface area contributed by atoms with Crippen LogP contribution in [0.25, 0.3) is 11.1 Å². The maximum Gasteiger partial charge on any atom is 0.416 e. The Kier molecular flexibility index (Phi) is 7.58. The standard InChI is InChI=1S/C25H25F3N2O3/c1-16(17-2-4-20(5-3-17)24(33)29-15-14-23(31)32)30-22-12-8-19(9-13-22)18-6-10-21(11-7-18)25(26,27)28/h2,4,6-13,16,30H,3,5,14-15H2,1H3,(H,29,33)(H,31,32). The van der Waals surface area contributed by atoms with Crippen LogP contribution < -0.4 is 10.6 Å². The number of hydrogen-bond acceptors (Lipinski definition) is 3. The van der Waals surface area contributed by atoms with Gasteiger partial charge < -0.3 is 15.7 Å². The summed E-state index contributed by atoms with van der Waals surface area (Å²) in [6, 6.07) is 12.6. The number of amides is 1.